The first-order chi connectivity index (χ1) is 14.5. The lowest BCUT2D eigenvalue weighted by Gasteiger charge is -2.21. The number of phenolic OH excluding ortho intramolecular Hbond substituents is 2. The number of hydrogen-bond acceptors (Lipinski definition) is 5. The van der Waals surface area contributed by atoms with Crippen LogP contribution in [-0.2, 0) is 6.54 Å². The first kappa shape index (κ1) is 25.1. The lowest BCUT2D eigenvalue weighted by atomic mass is 10.0. The van der Waals surface area contributed by atoms with Gasteiger partial charge in [-0.1, -0.05) is 70.9 Å². The molecule has 0 amide bonds. The molecule has 0 unspecified atom stereocenters. The van der Waals surface area contributed by atoms with Crippen molar-refractivity contribution in [2.75, 3.05) is 11.9 Å². The molecule has 164 valence electrons. The van der Waals surface area contributed by atoms with Crippen molar-refractivity contribution in [3.05, 3.63) is 72.1 Å². The standard InChI is InChI=1S/C16H22N2.C7H9NO2.C2H6/c1-3-4-5-8-11-17-16-12-13(2)14-9-6-7-10-15(14)18-16;8-4-5-1-2-6(9)7(10)3-5;1-2/h6-7,9-10,12,17-18H,2-5,8,11H2,1H3;1-3,9-10H,4,8H2;1-2H3. The quantitative estimate of drug-likeness (QED) is 0.297. The van der Waals surface area contributed by atoms with Crippen molar-refractivity contribution < 1.29 is 10.2 Å². The molecule has 1 aliphatic heterocycles. The molecule has 0 saturated carbocycles. The summed E-state index contributed by atoms with van der Waals surface area (Å²) < 4.78 is 0. The van der Waals surface area contributed by atoms with Gasteiger partial charge in [0.2, 0.25) is 0 Å². The zero-order chi connectivity index (χ0) is 22.4. The van der Waals surface area contributed by atoms with E-state index in [-0.39, 0.29) is 11.5 Å². The van der Waals surface area contributed by atoms with Crippen LogP contribution < -0.4 is 16.4 Å². The normalized spacial score (nSPS) is 11.6. The molecule has 0 aliphatic carbocycles. The molecule has 0 saturated heterocycles. The molecular formula is C25H37N3O2. The van der Waals surface area contributed by atoms with Gasteiger partial charge in [-0.15, -0.1) is 0 Å². The summed E-state index contributed by atoms with van der Waals surface area (Å²) in [4.78, 5) is 0. The maximum absolute atomic E-state index is 8.93. The minimum Gasteiger partial charge on any atom is -0.504 e. The molecule has 0 bridgehead atoms. The van der Waals surface area contributed by atoms with E-state index in [1.807, 2.05) is 26.0 Å². The summed E-state index contributed by atoms with van der Waals surface area (Å²) >= 11 is 0. The van der Waals surface area contributed by atoms with E-state index in [0.29, 0.717) is 6.54 Å². The Kier molecular flexibility index (Phi) is 11.8. The van der Waals surface area contributed by atoms with Crippen LogP contribution in [0.2, 0.25) is 0 Å². The van der Waals surface area contributed by atoms with Crippen molar-refractivity contribution in [1.29, 1.82) is 0 Å². The van der Waals surface area contributed by atoms with Gasteiger partial charge in [0.1, 0.15) is 5.82 Å². The Bertz CT molecular complexity index is 816. The summed E-state index contributed by atoms with van der Waals surface area (Å²) in [6, 6.07) is 12.8. The highest BCUT2D eigenvalue weighted by Gasteiger charge is 2.11. The van der Waals surface area contributed by atoms with Gasteiger partial charge in [-0.2, -0.15) is 0 Å². The Balaban J connectivity index is 0.000000318. The Morgan fingerprint density at radius 2 is 1.73 bits per heavy atom. The van der Waals surface area contributed by atoms with Crippen molar-refractivity contribution in [3.8, 4) is 11.5 Å². The van der Waals surface area contributed by atoms with E-state index >= 15 is 0 Å². The van der Waals surface area contributed by atoms with E-state index in [4.69, 9.17) is 15.9 Å². The average Bonchev–Trinajstić information content (AvgIpc) is 2.77. The van der Waals surface area contributed by atoms with Crippen molar-refractivity contribution in [2.24, 2.45) is 5.73 Å². The Hall–Kier alpha value is -2.92. The van der Waals surface area contributed by atoms with Crippen LogP contribution in [0.1, 0.15) is 57.6 Å². The predicted octanol–water partition coefficient (Wildman–Crippen LogP) is 5.72. The van der Waals surface area contributed by atoms with E-state index in [1.165, 1.54) is 43.4 Å². The number of para-hydroxylation sites is 1. The monoisotopic (exact) mass is 411 g/mol. The van der Waals surface area contributed by atoms with Crippen LogP contribution in [0, 0.1) is 0 Å². The van der Waals surface area contributed by atoms with E-state index in [9.17, 15) is 0 Å². The van der Waals surface area contributed by atoms with Gasteiger partial charge in [0.25, 0.3) is 0 Å². The summed E-state index contributed by atoms with van der Waals surface area (Å²) in [5, 5.41) is 24.6. The Morgan fingerprint density at radius 3 is 2.40 bits per heavy atom. The highest BCUT2D eigenvalue weighted by Crippen LogP contribution is 2.29. The topological polar surface area (TPSA) is 90.5 Å². The molecule has 0 atom stereocenters. The summed E-state index contributed by atoms with van der Waals surface area (Å²) in [5.41, 5.74) is 9.48. The van der Waals surface area contributed by atoms with Gasteiger partial charge >= 0.3 is 0 Å². The molecule has 2 aromatic carbocycles. The number of hydrogen-bond donors (Lipinski definition) is 5. The highest BCUT2D eigenvalue weighted by atomic mass is 16.3. The maximum atomic E-state index is 8.93. The maximum Gasteiger partial charge on any atom is 0.157 e. The van der Waals surface area contributed by atoms with Crippen LogP contribution in [0.25, 0.3) is 5.57 Å². The first-order valence-electron chi connectivity index (χ1n) is 10.8. The zero-order valence-electron chi connectivity index (χ0n) is 18.5. The number of anilines is 1. The van der Waals surface area contributed by atoms with E-state index in [0.717, 1.165) is 29.2 Å². The van der Waals surface area contributed by atoms with Gasteiger partial charge in [0, 0.05) is 24.3 Å². The number of rotatable bonds is 7. The summed E-state index contributed by atoms with van der Waals surface area (Å²) in [6.45, 7) is 11.7. The highest BCUT2D eigenvalue weighted by molar-refractivity contribution is 5.85. The number of nitrogens with one attached hydrogen (secondary N) is 2. The minimum atomic E-state index is -0.122. The molecule has 3 rings (SSSR count). The third kappa shape index (κ3) is 8.21. The van der Waals surface area contributed by atoms with Gasteiger partial charge in [0.15, 0.2) is 11.5 Å². The molecule has 1 aliphatic rings. The molecule has 0 aromatic heterocycles. The second-order valence-electron chi connectivity index (χ2n) is 6.77. The summed E-state index contributed by atoms with van der Waals surface area (Å²) in [6.07, 6.45) is 7.21. The molecular weight excluding hydrogens is 374 g/mol. The van der Waals surface area contributed by atoms with Crippen LogP contribution in [0.4, 0.5) is 5.69 Å². The smallest absolute Gasteiger partial charge is 0.157 e. The van der Waals surface area contributed by atoms with Crippen LogP contribution in [0.15, 0.2) is 60.9 Å². The van der Waals surface area contributed by atoms with Crippen LogP contribution in [0.3, 0.4) is 0 Å². The third-order valence-corrected chi connectivity index (χ3v) is 4.48. The molecule has 5 heteroatoms. The van der Waals surface area contributed by atoms with Gasteiger partial charge in [-0.05, 0) is 41.8 Å². The number of fused-ring (bicyclic) bond motifs is 1. The van der Waals surface area contributed by atoms with E-state index < -0.39 is 0 Å². The van der Waals surface area contributed by atoms with Gasteiger partial charge < -0.3 is 26.6 Å². The lowest BCUT2D eigenvalue weighted by molar-refractivity contribution is 0.403. The molecule has 30 heavy (non-hydrogen) atoms. The zero-order valence-corrected chi connectivity index (χ0v) is 18.5. The molecule has 0 fully saturated rings. The minimum absolute atomic E-state index is 0.114. The average molecular weight is 412 g/mol. The Morgan fingerprint density at radius 1 is 1.00 bits per heavy atom. The second kappa shape index (κ2) is 14.1. The predicted molar refractivity (Wildman–Crippen MR) is 128 cm³/mol. The number of aromatic hydroxyl groups is 2. The molecule has 2 aromatic rings. The Labute approximate surface area is 181 Å². The number of phenols is 2. The van der Waals surface area contributed by atoms with E-state index in [1.54, 1.807) is 6.07 Å². The first-order valence-corrected chi connectivity index (χ1v) is 10.8. The summed E-state index contributed by atoms with van der Waals surface area (Å²) in [7, 11) is 0. The fourth-order valence-corrected chi connectivity index (χ4v) is 2.87. The summed E-state index contributed by atoms with van der Waals surface area (Å²) in [5.74, 6) is 0.829. The SMILES string of the molecule is C=C1C=C(NCCCCCC)Nc2ccccc21.CC.NCc1ccc(O)c(O)c1. The van der Waals surface area contributed by atoms with Crippen LogP contribution in [0.5, 0.6) is 11.5 Å². The number of benzene rings is 2. The molecule has 1 heterocycles. The fourth-order valence-electron chi connectivity index (χ4n) is 2.87. The van der Waals surface area contributed by atoms with Crippen molar-refractivity contribution in [3.63, 3.8) is 0 Å². The van der Waals surface area contributed by atoms with Crippen LogP contribution >= 0.6 is 0 Å². The van der Waals surface area contributed by atoms with Crippen molar-refractivity contribution in [2.45, 2.75) is 53.0 Å². The fraction of sp³-hybridized carbons (Fsp3) is 0.360. The van der Waals surface area contributed by atoms with Crippen molar-refractivity contribution >= 4 is 11.3 Å². The van der Waals surface area contributed by atoms with E-state index in [2.05, 4.69) is 42.3 Å². The third-order valence-electron chi connectivity index (χ3n) is 4.48. The van der Waals surface area contributed by atoms with Crippen LogP contribution in [-0.4, -0.2) is 16.8 Å². The van der Waals surface area contributed by atoms with Gasteiger partial charge in [-0.3, -0.25) is 0 Å². The van der Waals surface area contributed by atoms with Crippen molar-refractivity contribution in [1.82, 2.24) is 5.32 Å². The van der Waals surface area contributed by atoms with Gasteiger partial charge in [-0.25, -0.2) is 0 Å². The molecule has 0 spiro atoms. The second-order valence-corrected chi connectivity index (χ2v) is 6.77. The number of allylic oxidation sites excluding steroid dienone is 2. The number of unbranched alkanes of at least 4 members (excludes halogenated alkanes) is 3. The number of nitrogens with two attached hydrogens (primary N) is 1. The van der Waals surface area contributed by atoms with Gasteiger partial charge in [0.05, 0.1) is 0 Å². The molecule has 5 nitrogen and oxygen atoms in total. The lowest BCUT2D eigenvalue weighted by Crippen LogP contribution is -2.23. The largest absolute Gasteiger partial charge is 0.504 e. The molecule has 0 radical (unpaired) electrons. The molecule has 6 N–H and O–H groups in total.